The molecule has 0 bridgehead atoms. The van der Waals surface area contributed by atoms with E-state index in [0.29, 0.717) is 19.4 Å². The highest BCUT2D eigenvalue weighted by Crippen LogP contribution is 2.27. The van der Waals surface area contributed by atoms with Gasteiger partial charge in [-0.1, -0.05) is 20.8 Å². The molecule has 2 unspecified atom stereocenters. The SMILES string of the molecule is CC(C)(C)C(N)C(=O)N1CCCC2(C1)NC(=O)NC2=O. The van der Waals surface area contributed by atoms with Gasteiger partial charge < -0.3 is 16.0 Å². The van der Waals surface area contributed by atoms with Gasteiger partial charge in [-0.3, -0.25) is 14.9 Å². The van der Waals surface area contributed by atoms with Gasteiger partial charge in [-0.15, -0.1) is 0 Å². The molecule has 0 radical (unpaired) electrons. The predicted molar refractivity (Wildman–Crippen MR) is 72.6 cm³/mol. The van der Waals surface area contributed by atoms with Gasteiger partial charge in [0.2, 0.25) is 5.91 Å². The second-order valence-corrected chi connectivity index (χ2v) is 6.70. The number of imide groups is 1. The molecule has 2 fully saturated rings. The standard InChI is InChI=1S/C13H22N4O3/c1-12(2,3)8(14)9(18)17-6-4-5-13(7-17)10(19)15-11(20)16-13/h8H,4-7,14H2,1-3H3,(H2,15,16,19,20). The fourth-order valence-corrected chi connectivity index (χ4v) is 2.63. The monoisotopic (exact) mass is 282 g/mol. The fraction of sp³-hybridized carbons (Fsp3) is 0.769. The second kappa shape index (κ2) is 4.73. The molecule has 1 spiro atoms. The van der Waals surface area contributed by atoms with Crippen molar-refractivity contribution in [2.75, 3.05) is 13.1 Å². The van der Waals surface area contributed by atoms with Gasteiger partial charge in [0.1, 0.15) is 5.54 Å². The maximum Gasteiger partial charge on any atom is 0.322 e. The second-order valence-electron chi connectivity index (χ2n) is 6.70. The molecule has 112 valence electrons. The van der Waals surface area contributed by atoms with E-state index in [0.717, 1.165) is 0 Å². The summed E-state index contributed by atoms with van der Waals surface area (Å²) in [5.74, 6) is -0.533. The van der Waals surface area contributed by atoms with Crippen molar-refractivity contribution in [2.45, 2.75) is 45.2 Å². The van der Waals surface area contributed by atoms with E-state index in [4.69, 9.17) is 5.73 Å². The molecular formula is C13H22N4O3. The normalized spacial score (nSPS) is 28.3. The lowest BCUT2D eigenvalue weighted by Crippen LogP contribution is -2.62. The molecule has 0 aromatic carbocycles. The Labute approximate surface area is 118 Å². The van der Waals surface area contributed by atoms with Crippen LogP contribution in [-0.2, 0) is 9.59 Å². The molecule has 4 amide bonds. The Morgan fingerprint density at radius 3 is 2.55 bits per heavy atom. The van der Waals surface area contributed by atoms with E-state index >= 15 is 0 Å². The zero-order chi connectivity index (χ0) is 15.1. The summed E-state index contributed by atoms with van der Waals surface area (Å²) in [6.07, 6.45) is 1.20. The van der Waals surface area contributed by atoms with Crippen LogP contribution in [0, 0.1) is 5.41 Å². The first-order chi connectivity index (χ1) is 9.16. The van der Waals surface area contributed by atoms with Crippen molar-refractivity contribution < 1.29 is 14.4 Å². The minimum atomic E-state index is -0.984. The van der Waals surface area contributed by atoms with E-state index in [9.17, 15) is 14.4 Å². The van der Waals surface area contributed by atoms with Gasteiger partial charge in [0.15, 0.2) is 0 Å². The predicted octanol–water partition coefficient (Wildman–Crippen LogP) is -0.440. The van der Waals surface area contributed by atoms with E-state index in [1.54, 1.807) is 4.90 Å². The number of hydrogen-bond donors (Lipinski definition) is 3. The Hall–Kier alpha value is -1.63. The van der Waals surface area contributed by atoms with Gasteiger partial charge in [-0.25, -0.2) is 4.79 Å². The number of carbonyl (C=O) groups is 3. The first-order valence-electron chi connectivity index (χ1n) is 6.84. The van der Waals surface area contributed by atoms with Crippen molar-refractivity contribution in [3.63, 3.8) is 0 Å². The summed E-state index contributed by atoms with van der Waals surface area (Å²) in [7, 11) is 0. The molecular weight excluding hydrogens is 260 g/mol. The molecule has 0 aromatic heterocycles. The number of rotatable bonds is 1. The Morgan fingerprint density at radius 1 is 1.40 bits per heavy atom. The molecule has 2 saturated heterocycles. The molecule has 2 heterocycles. The fourth-order valence-electron chi connectivity index (χ4n) is 2.63. The average molecular weight is 282 g/mol. The molecule has 2 atom stereocenters. The number of nitrogens with one attached hydrogen (secondary N) is 2. The van der Waals surface area contributed by atoms with Crippen molar-refractivity contribution in [1.82, 2.24) is 15.5 Å². The highest BCUT2D eigenvalue weighted by Gasteiger charge is 2.50. The van der Waals surface area contributed by atoms with Gasteiger partial charge in [-0.05, 0) is 18.3 Å². The molecule has 2 aliphatic rings. The molecule has 2 aliphatic heterocycles. The molecule has 7 heteroatoms. The first-order valence-corrected chi connectivity index (χ1v) is 6.84. The Morgan fingerprint density at radius 2 is 2.05 bits per heavy atom. The van der Waals surface area contributed by atoms with E-state index in [2.05, 4.69) is 10.6 Å². The summed E-state index contributed by atoms with van der Waals surface area (Å²) < 4.78 is 0. The van der Waals surface area contributed by atoms with Crippen LogP contribution in [-0.4, -0.2) is 47.4 Å². The largest absolute Gasteiger partial charge is 0.338 e. The van der Waals surface area contributed by atoms with Gasteiger partial charge in [0, 0.05) is 6.54 Å². The third kappa shape index (κ3) is 2.49. The lowest BCUT2D eigenvalue weighted by atomic mass is 9.84. The third-order valence-corrected chi connectivity index (χ3v) is 4.02. The minimum absolute atomic E-state index is 0.175. The van der Waals surface area contributed by atoms with Crippen molar-refractivity contribution in [1.29, 1.82) is 0 Å². The highest BCUT2D eigenvalue weighted by atomic mass is 16.2. The van der Waals surface area contributed by atoms with Crippen LogP contribution in [0.15, 0.2) is 0 Å². The summed E-state index contributed by atoms with van der Waals surface area (Å²) in [5.41, 5.74) is 4.67. The zero-order valence-corrected chi connectivity index (χ0v) is 12.2. The number of amides is 4. The van der Waals surface area contributed by atoms with E-state index in [-0.39, 0.29) is 23.8 Å². The summed E-state index contributed by atoms with van der Waals surface area (Å²) in [6.45, 7) is 6.46. The number of piperidine rings is 1. The van der Waals surface area contributed by atoms with E-state index in [1.807, 2.05) is 20.8 Å². The lowest BCUT2D eigenvalue weighted by Gasteiger charge is -2.40. The first kappa shape index (κ1) is 14.8. The highest BCUT2D eigenvalue weighted by molar-refractivity contribution is 6.07. The number of carbonyl (C=O) groups excluding carboxylic acids is 3. The summed E-state index contributed by atoms with van der Waals surface area (Å²) in [5, 5.41) is 4.89. The topological polar surface area (TPSA) is 105 Å². The van der Waals surface area contributed by atoms with E-state index in [1.165, 1.54) is 0 Å². The lowest BCUT2D eigenvalue weighted by molar-refractivity contribution is -0.139. The summed E-state index contributed by atoms with van der Waals surface area (Å²) >= 11 is 0. The van der Waals surface area contributed by atoms with Gasteiger partial charge in [0.25, 0.3) is 5.91 Å². The molecule has 0 saturated carbocycles. The van der Waals surface area contributed by atoms with Crippen LogP contribution in [0.1, 0.15) is 33.6 Å². The zero-order valence-electron chi connectivity index (χ0n) is 12.2. The van der Waals surface area contributed by atoms with Crippen LogP contribution >= 0.6 is 0 Å². The Kier molecular flexibility index (Phi) is 3.49. The number of nitrogens with two attached hydrogens (primary N) is 1. The summed E-state index contributed by atoms with van der Waals surface area (Å²) in [4.78, 5) is 37.3. The number of hydrogen-bond acceptors (Lipinski definition) is 4. The van der Waals surface area contributed by atoms with Crippen LogP contribution < -0.4 is 16.4 Å². The van der Waals surface area contributed by atoms with Crippen LogP contribution in [0.4, 0.5) is 4.79 Å². The molecule has 7 nitrogen and oxygen atoms in total. The third-order valence-electron chi connectivity index (χ3n) is 4.02. The van der Waals surface area contributed by atoms with Gasteiger partial charge in [-0.2, -0.15) is 0 Å². The van der Waals surface area contributed by atoms with Crippen LogP contribution in [0.3, 0.4) is 0 Å². The van der Waals surface area contributed by atoms with Gasteiger partial charge >= 0.3 is 6.03 Å². The van der Waals surface area contributed by atoms with Crippen molar-refractivity contribution in [3.8, 4) is 0 Å². The Balaban J connectivity index is 2.14. The van der Waals surface area contributed by atoms with Gasteiger partial charge in [0.05, 0.1) is 12.6 Å². The van der Waals surface area contributed by atoms with Crippen LogP contribution in [0.2, 0.25) is 0 Å². The number of likely N-dealkylation sites (tertiary alicyclic amines) is 1. The maximum atomic E-state index is 12.4. The Bertz CT molecular complexity index is 457. The molecule has 2 rings (SSSR count). The minimum Gasteiger partial charge on any atom is -0.338 e. The quantitative estimate of drug-likeness (QED) is 0.567. The van der Waals surface area contributed by atoms with Crippen molar-refractivity contribution in [2.24, 2.45) is 11.1 Å². The van der Waals surface area contributed by atoms with Crippen LogP contribution in [0.25, 0.3) is 0 Å². The number of nitrogens with zero attached hydrogens (tertiary/aromatic N) is 1. The van der Waals surface area contributed by atoms with Crippen molar-refractivity contribution >= 4 is 17.8 Å². The average Bonchev–Trinajstić information content (AvgIpc) is 2.61. The van der Waals surface area contributed by atoms with E-state index < -0.39 is 17.6 Å². The molecule has 0 aromatic rings. The molecule has 4 N–H and O–H groups in total. The smallest absolute Gasteiger partial charge is 0.322 e. The summed E-state index contributed by atoms with van der Waals surface area (Å²) in [6, 6.07) is -1.12. The number of urea groups is 1. The molecule has 0 aliphatic carbocycles. The molecule has 20 heavy (non-hydrogen) atoms. The van der Waals surface area contributed by atoms with Crippen molar-refractivity contribution in [3.05, 3.63) is 0 Å². The van der Waals surface area contributed by atoms with Crippen LogP contribution in [0.5, 0.6) is 0 Å². The maximum absolute atomic E-state index is 12.4.